The number of thiocarbonyl (C=S) groups is 1. The first-order valence-corrected chi connectivity index (χ1v) is 10.5. The predicted molar refractivity (Wildman–Crippen MR) is 127 cm³/mol. The van der Waals surface area contributed by atoms with Crippen molar-refractivity contribution in [1.29, 1.82) is 0 Å². The van der Waals surface area contributed by atoms with E-state index in [9.17, 15) is 19.7 Å². The number of hydrogen-bond acceptors (Lipinski definition) is 7. The maximum absolute atomic E-state index is 12.8. The number of carbonyl (C=O) groups excluding carboxylic acids is 2. The van der Waals surface area contributed by atoms with Crippen LogP contribution in [-0.4, -0.2) is 21.1 Å². The van der Waals surface area contributed by atoms with Crippen molar-refractivity contribution in [1.82, 2.24) is 0 Å². The highest BCUT2D eigenvalue weighted by Crippen LogP contribution is 2.36. The van der Waals surface area contributed by atoms with Crippen LogP contribution in [0.2, 0.25) is 0 Å². The normalized spacial score (nSPS) is 14.6. The van der Waals surface area contributed by atoms with Gasteiger partial charge in [0.2, 0.25) is 0 Å². The molecule has 0 N–H and O–H groups in total. The van der Waals surface area contributed by atoms with Crippen molar-refractivity contribution in [3.05, 3.63) is 105 Å². The molecule has 0 aromatic heterocycles. The first-order chi connectivity index (χ1) is 15.4. The summed E-state index contributed by atoms with van der Waals surface area (Å²) in [6.07, 6.45) is 1.72. The Hall–Kier alpha value is -3.82. The molecule has 32 heavy (non-hydrogen) atoms. The predicted octanol–water partition coefficient (Wildman–Crippen LogP) is 5.22. The minimum absolute atomic E-state index is 0.0767. The summed E-state index contributed by atoms with van der Waals surface area (Å²) >= 11 is 6.58. The molecule has 158 valence electrons. The molecule has 1 amide bonds. The Labute approximate surface area is 192 Å². The third-order valence-electron chi connectivity index (χ3n) is 4.49. The van der Waals surface area contributed by atoms with E-state index >= 15 is 0 Å². The van der Waals surface area contributed by atoms with Gasteiger partial charge >= 0.3 is 5.97 Å². The first kappa shape index (κ1) is 21.4. The van der Waals surface area contributed by atoms with E-state index in [2.05, 4.69) is 0 Å². The molecule has 4 rings (SSSR count). The SMILES string of the molecule is O=C(Oc1ccc(/C=C2\SC(=S)N(c3ccccc3)C2=O)cc1)c1cccc([N+](=O)[O-])c1. The zero-order valence-corrected chi connectivity index (χ0v) is 18.0. The van der Waals surface area contributed by atoms with Gasteiger partial charge < -0.3 is 4.74 Å². The van der Waals surface area contributed by atoms with Crippen molar-refractivity contribution in [3.63, 3.8) is 0 Å². The van der Waals surface area contributed by atoms with Gasteiger partial charge in [-0.15, -0.1) is 0 Å². The zero-order valence-electron chi connectivity index (χ0n) is 16.3. The summed E-state index contributed by atoms with van der Waals surface area (Å²) < 4.78 is 5.74. The summed E-state index contributed by atoms with van der Waals surface area (Å²) in [7, 11) is 0. The fourth-order valence-electron chi connectivity index (χ4n) is 2.96. The number of nitrogens with zero attached hydrogens (tertiary/aromatic N) is 2. The summed E-state index contributed by atoms with van der Waals surface area (Å²) in [4.78, 5) is 37.3. The van der Waals surface area contributed by atoms with Gasteiger partial charge in [0.25, 0.3) is 11.6 Å². The lowest BCUT2D eigenvalue weighted by Crippen LogP contribution is -2.27. The third kappa shape index (κ3) is 4.58. The van der Waals surface area contributed by atoms with Crippen LogP contribution in [0, 0.1) is 10.1 Å². The van der Waals surface area contributed by atoms with Crippen LogP contribution < -0.4 is 9.64 Å². The minimum atomic E-state index is -0.704. The van der Waals surface area contributed by atoms with Gasteiger partial charge in [0.05, 0.1) is 21.1 Å². The molecule has 0 bridgehead atoms. The van der Waals surface area contributed by atoms with Gasteiger partial charge in [-0.2, -0.15) is 0 Å². The summed E-state index contributed by atoms with van der Waals surface area (Å²) in [5, 5.41) is 10.9. The van der Waals surface area contributed by atoms with Crippen molar-refractivity contribution in [3.8, 4) is 5.75 Å². The third-order valence-corrected chi connectivity index (χ3v) is 5.79. The lowest BCUT2D eigenvalue weighted by Gasteiger charge is -2.13. The Balaban J connectivity index is 1.47. The smallest absolute Gasteiger partial charge is 0.343 e. The molecule has 0 aliphatic carbocycles. The molecule has 1 saturated heterocycles. The van der Waals surface area contributed by atoms with Gasteiger partial charge in [-0.25, -0.2) is 4.79 Å². The topological polar surface area (TPSA) is 89.8 Å². The number of non-ortho nitro benzene ring substituents is 1. The second-order valence-electron chi connectivity index (χ2n) is 6.62. The van der Waals surface area contributed by atoms with Crippen molar-refractivity contribution < 1.29 is 19.2 Å². The van der Waals surface area contributed by atoms with Crippen molar-refractivity contribution >= 4 is 57.6 Å². The van der Waals surface area contributed by atoms with E-state index in [1.165, 1.54) is 34.9 Å². The fraction of sp³-hybridized carbons (Fsp3) is 0. The van der Waals surface area contributed by atoms with E-state index < -0.39 is 10.9 Å². The number of rotatable bonds is 5. The average Bonchev–Trinajstić information content (AvgIpc) is 3.08. The number of nitro benzene ring substituents is 1. The Bertz CT molecular complexity index is 1260. The lowest BCUT2D eigenvalue weighted by atomic mass is 10.2. The highest BCUT2D eigenvalue weighted by molar-refractivity contribution is 8.27. The molecule has 1 aliphatic heterocycles. The fourth-order valence-corrected chi connectivity index (χ4v) is 4.26. The maximum atomic E-state index is 12.8. The highest BCUT2D eigenvalue weighted by Gasteiger charge is 2.33. The molecule has 1 heterocycles. The van der Waals surface area contributed by atoms with Crippen LogP contribution in [0.25, 0.3) is 6.08 Å². The van der Waals surface area contributed by atoms with E-state index in [-0.39, 0.29) is 22.9 Å². The van der Waals surface area contributed by atoms with Crippen LogP contribution in [0.4, 0.5) is 11.4 Å². The second kappa shape index (κ2) is 9.13. The standard InChI is InChI=1S/C23H14N2O5S2/c26-21-20(32-23(31)24(21)17-6-2-1-3-7-17)13-15-9-11-19(12-10-15)30-22(27)16-5-4-8-18(14-16)25(28)29/h1-14H/b20-13-. The molecule has 0 saturated carbocycles. The summed E-state index contributed by atoms with van der Waals surface area (Å²) in [6, 6.07) is 21.1. The number of amides is 1. The van der Waals surface area contributed by atoms with E-state index in [1.54, 1.807) is 30.3 Å². The number of carbonyl (C=O) groups is 2. The second-order valence-corrected chi connectivity index (χ2v) is 8.29. The molecule has 0 spiro atoms. The van der Waals surface area contributed by atoms with Gasteiger partial charge in [0.15, 0.2) is 4.32 Å². The Morgan fingerprint density at radius 1 is 1.03 bits per heavy atom. The van der Waals surface area contributed by atoms with Gasteiger partial charge in [-0.1, -0.05) is 60.4 Å². The Morgan fingerprint density at radius 3 is 2.44 bits per heavy atom. The molecule has 3 aromatic carbocycles. The molecule has 0 radical (unpaired) electrons. The molecule has 0 unspecified atom stereocenters. The molecular weight excluding hydrogens is 448 g/mol. The summed E-state index contributed by atoms with van der Waals surface area (Å²) in [5.74, 6) is -0.631. The number of ether oxygens (including phenoxy) is 1. The Kier molecular flexibility index (Phi) is 6.11. The van der Waals surface area contributed by atoms with Crippen LogP contribution in [0.3, 0.4) is 0 Å². The number of benzene rings is 3. The minimum Gasteiger partial charge on any atom is -0.423 e. The van der Waals surface area contributed by atoms with Gasteiger partial charge in [0.1, 0.15) is 5.75 Å². The number of esters is 1. The number of anilines is 1. The average molecular weight is 463 g/mol. The molecule has 3 aromatic rings. The molecule has 0 atom stereocenters. The number of nitro groups is 1. The zero-order chi connectivity index (χ0) is 22.7. The molecule has 7 nitrogen and oxygen atoms in total. The van der Waals surface area contributed by atoms with Crippen LogP contribution in [0.5, 0.6) is 5.75 Å². The van der Waals surface area contributed by atoms with Crippen LogP contribution in [-0.2, 0) is 4.79 Å². The molecule has 1 fully saturated rings. The van der Waals surface area contributed by atoms with Crippen LogP contribution in [0.1, 0.15) is 15.9 Å². The van der Waals surface area contributed by atoms with Crippen LogP contribution in [0.15, 0.2) is 83.8 Å². The quantitative estimate of drug-likeness (QED) is 0.128. The number of para-hydroxylation sites is 1. The van der Waals surface area contributed by atoms with Crippen molar-refractivity contribution in [2.24, 2.45) is 0 Å². The number of hydrogen-bond donors (Lipinski definition) is 0. The van der Waals surface area contributed by atoms with E-state index in [0.717, 1.165) is 11.6 Å². The largest absolute Gasteiger partial charge is 0.423 e. The van der Waals surface area contributed by atoms with E-state index in [0.29, 0.717) is 14.9 Å². The van der Waals surface area contributed by atoms with Crippen molar-refractivity contribution in [2.45, 2.75) is 0 Å². The highest BCUT2D eigenvalue weighted by atomic mass is 32.2. The van der Waals surface area contributed by atoms with E-state index in [4.69, 9.17) is 17.0 Å². The monoisotopic (exact) mass is 462 g/mol. The lowest BCUT2D eigenvalue weighted by molar-refractivity contribution is -0.384. The van der Waals surface area contributed by atoms with E-state index in [1.807, 2.05) is 30.3 Å². The number of thioether (sulfide) groups is 1. The van der Waals surface area contributed by atoms with Crippen LogP contribution >= 0.6 is 24.0 Å². The first-order valence-electron chi connectivity index (χ1n) is 9.32. The van der Waals surface area contributed by atoms with Gasteiger partial charge in [0, 0.05) is 12.1 Å². The molecule has 1 aliphatic rings. The van der Waals surface area contributed by atoms with Crippen molar-refractivity contribution in [2.75, 3.05) is 4.90 Å². The van der Waals surface area contributed by atoms with Gasteiger partial charge in [-0.05, 0) is 42.0 Å². The Morgan fingerprint density at radius 2 is 1.75 bits per heavy atom. The molecular formula is C23H14N2O5S2. The summed E-state index contributed by atoms with van der Waals surface area (Å²) in [6.45, 7) is 0. The summed E-state index contributed by atoms with van der Waals surface area (Å²) in [5.41, 5.74) is 1.32. The maximum Gasteiger partial charge on any atom is 0.343 e. The molecule has 9 heteroatoms. The van der Waals surface area contributed by atoms with Gasteiger partial charge in [-0.3, -0.25) is 19.8 Å².